The third-order valence-electron chi connectivity index (χ3n) is 5.95. The molecule has 26 heavy (non-hydrogen) atoms. The van der Waals surface area contributed by atoms with E-state index in [0.717, 1.165) is 38.9 Å². The third kappa shape index (κ3) is 3.51. The van der Waals surface area contributed by atoms with Gasteiger partial charge in [-0.25, -0.2) is 8.42 Å². The van der Waals surface area contributed by atoms with Crippen molar-refractivity contribution in [3.63, 3.8) is 0 Å². The molecule has 0 bridgehead atoms. The van der Waals surface area contributed by atoms with Crippen LogP contribution in [0, 0.1) is 11.8 Å². The zero-order valence-electron chi connectivity index (χ0n) is 14.8. The summed E-state index contributed by atoms with van der Waals surface area (Å²) in [6, 6.07) is 16.3. The molecular weight excluding hydrogens is 346 g/mol. The Morgan fingerprint density at radius 3 is 2.15 bits per heavy atom. The molecule has 0 amide bonds. The van der Waals surface area contributed by atoms with Gasteiger partial charge in [-0.1, -0.05) is 30.3 Å². The molecule has 1 aliphatic carbocycles. The lowest BCUT2D eigenvalue weighted by molar-refractivity contribution is 0.315. The number of hydrogen-bond donors (Lipinski definition) is 1. The van der Waals surface area contributed by atoms with Crippen LogP contribution in [0.25, 0.3) is 0 Å². The van der Waals surface area contributed by atoms with Crippen molar-refractivity contribution in [1.29, 1.82) is 0 Å². The highest BCUT2D eigenvalue weighted by Gasteiger charge is 2.45. The lowest BCUT2D eigenvalue weighted by atomic mass is 10.0. The Bertz CT molecular complexity index is 835. The summed E-state index contributed by atoms with van der Waals surface area (Å²) in [4.78, 5) is 2.93. The average molecular weight is 372 g/mol. The van der Waals surface area contributed by atoms with Gasteiger partial charge in [0.2, 0.25) is 0 Å². The normalized spacial score (nSPS) is 26.1. The maximum atomic E-state index is 12.9. The maximum absolute atomic E-state index is 12.9. The fourth-order valence-electron chi connectivity index (χ4n) is 4.53. The Kier molecular flexibility index (Phi) is 4.76. The van der Waals surface area contributed by atoms with Crippen LogP contribution in [0.3, 0.4) is 0 Å². The van der Waals surface area contributed by atoms with E-state index in [4.69, 9.17) is 0 Å². The first-order valence-electron chi connectivity index (χ1n) is 9.31. The van der Waals surface area contributed by atoms with Crippen molar-refractivity contribution in [1.82, 2.24) is 4.90 Å². The van der Waals surface area contributed by atoms with Crippen molar-refractivity contribution in [3.8, 4) is 5.75 Å². The summed E-state index contributed by atoms with van der Waals surface area (Å²) in [6.45, 7) is 3.00. The summed E-state index contributed by atoms with van der Waals surface area (Å²) in [5.41, 5.74) is 1.23. The van der Waals surface area contributed by atoms with Gasteiger partial charge < -0.3 is 10.0 Å². The second-order valence-corrected chi connectivity index (χ2v) is 9.88. The smallest absolute Gasteiger partial charge is 0.181 e. The highest BCUT2D eigenvalue weighted by atomic mass is 32.2. The monoisotopic (exact) mass is 371 g/mol. The molecule has 0 unspecified atom stereocenters. The van der Waals surface area contributed by atoms with Crippen molar-refractivity contribution in [3.05, 3.63) is 60.2 Å². The van der Waals surface area contributed by atoms with Crippen LogP contribution in [0.4, 0.5) is 0 Å². The molecular formula is C21H25NO3S. The molecule has 5 heteroatoms. The van der Waals surface area contributed by atoms with E-state index in [9.17, 15) is 13.5 Å². The van der Waals surface area contributed by atoms with Crippen molar-refractivity contribution < 1.29 is 13.5 Å². The largest absolute Gasteiger partial charge is 0.508 e. The van der Waals surface area contributed by atoms with Crippen LogP contribution >= 0.6 is 0 Å². The summed E-state index contributed by atoms with van der Waals surface area (Å²) < 4.78 is 25.7. The lowest BCUT2D eigenvalue weighted by Crippen LogP contribution is -2.27. The van der Waals surface area contributed by atoms with E-state index in [0.29, 0.717) is 22.5 Å². The van der Waals surface area contributed by atoms with Crippen molar-refractivity contribution in [2.75, 3.05) is 19.6 Å². The predicted octanol–water partition coefficient (Wildman–Crippen LogP) is 3.12. The summed E-state index contributed by atoms with van der Waals surface area (Å²) in [7, 11) is -3.20. The first kappa shape index (κ1) is 17.6. The summed E-state index contributed by atoms with van der Waals surface area (Å²) in [6.07, 6.45) is 2.54. The fourth-order valence-corrected chi connectivity index (χ4v) is 6.45. The van der Waals surface area contributed by atoms with Gasteiger partial charge in [-0.15, -0.1) is 0 Å². The van der Waals surface area contributed by atoms with Crippen molar-refractivity contribution in [2.24, 2.45) is 11.8 Å². The Labute approximate surface area is 155 Å². The van der Waals surface area contributed by atoms with Gasteiger partial charge in [0.15, 0.2) is 9.84 Å². The number of nitrogens with zero attached hydrogens (tertiary/aromatic N) is 1. The quantitative estimate of drug-likeness (QED) is 0.877. The number of sulfone groups is 1. The Morgan fingerprint density at radius 1 is 0.923 bits per heavy atom. The number of rotatable bonds is 5. The first-order chi connectivity index (χ1) is 12.5. The molecule has 0 spiro atoms. The zero-order valence-corrected chi connectivity index (χ0v) is 15.6. The van der Waals surface area contributed by atoms with Crippen LogP contribution in [0.5, 0.6) is 5.75 Å². The van der Waals surface area contributed by atoms with E-state index in [2.05, 4.69) is 4.90 Å². The van der Waals surface area contributed by atoms with Gasteiger partial charge in [-0.05, 0) is 60.9 Å². The number of phenols is 1. The van der Waals surface area contributed by atoms with E-state index in [1.807, 2.05) is 18.2 Å². The van der Waals surface area contributed by atoms with Gasteiger partial charge in [-0.3, -0.25) is 0 Å². The van der Waals surface area contributed by atoms with E-state index < -0.39 is 9.84 Å². The van der Waals surface area contributed by atoms with E-state index >= 15 is 0 Å². The predicted molar refractivity (Wildman–Crippen MR) is 102 cm³/mol. The molecule has 2 fully saturated rings. The summed E-state index contributed by atoms with van der Waals surface area (Å²) >= 11 is 0. The van der Waals surface area contributed by atoms with Crippen molar-refractivity contribution >= 4 is 9.84 Å². The standard InChI is InChI=1S/C21H25NO3S/c23-19-8-6-16(7-9-19)10-11-22-14-17-12-21(13-18(17)15-22)26(24,25)20-4-2-1-3-5-20/h1-9,17-18,21,23H,10-15H2/t17-,18+,21+. The summed E-state index contributed by atoms with van der Waals surface area (Å²) in [5, 5.41) is 9.14. The van der Waals surface area contributed by atoms with Crippen LogP contribution in [0.15, 0.2) is 59.5 Å². The summed E-state index contributed by atoms with van der Waals surface area (Å²) in [5.74, 6) is 1.30. The van der Waals surface area contributed by atoms with Gasteiger partial charge in [0.1, 0.15) is 5.75 Å². The number of benzene rings is 2. The van der Waals surface area contributed by atoms with Gasteiger partial charge in [0.25, 0.3) is 0 Å². The lowest BCUT2D eigenvalue weighted by Gasteiger charge is -2.19. The third-order valence-corrected chi connectivity index (χ3v) is 8.14. The van der Waals surface area contributed by atoms with Gasteiger partial charge in [0, 0.05) is 19.6 Å². The Hall–Kier alpha value is -1.85. The number of phenolic OH excluding ortho intramolecular Hbond substituents is 1. The highest BCUT2D eigenvalue weighted by molar-refractivity contribution is 7.92. The second kappa shape index (κ2) is 7.05. The molecule has 2 aliphatic rings. The number of likely N-dealkylation sites (tertiary alicyclic amines) is 1. The molecule has 2 aromatic carbocycles. The SMILES string of the molecule is O=S(=O)(c1ccccc1)[C@H]1C[C@@H]2CN(CCc3ccc(O)cc3)C[C@@H]2C1. The molecule has 4 nitrogen and oxygen atoms in total. The van der Waals surface area contributed by atoms with Crippen LogP contribution in [-0.2, 0) is 16.3 Å². The van der Waals surface area contributed by atoms with E-state index in [1.165, 1.54) is 5.56 Å². The van der Waals surface area contributed by atoms with E-state index in [-0.39, 0.29) is 5.25 Å². The number of aromatic hydroxyl groups is 1. The van der Waals surface area contributed by atoms with Gasteiger partial charge in [0.05, 0.1) is 10.1 Å². The molecule has 1 saturated carbocycles. The van der Waals surface area contributed by atoms with Crippen LogP contribution < -0.4 is 0 Å². The molecule has 1 heterocycles. The van der Waals surface area contributed by atoms with Crippen LogP contribution in [0.1, 0.15) is 18.4 Å². The Balaban J connectivity index is 1.33. The maximum Gasteiger partial charge on any atom is 0.181 e. The van der Waals surface area contributed by atoms with Crippen LogP contribution in [-0.4, -0.2) is 43.3 Å². The molecule has 3 atom stereocenters. The van der Waals surface area contributed by atoms with E-state index in [1.54, 1.807) is 36.4 Å². The Morgan fingerprint density at radius 2 is 1.54 bits per heavy atom. The minimum Gasteiger partial charge on any atom is -0.508 e. The molecule has 1 aliphatic heterocycles. The molecule has 0 aromatic heterocycles. The molecule has 4 rings (SSSR count). The van der Waals surface area contributed by atoms with Crippen LogP contribution in [0.2, 0.25) is 0 Å². The first-order valence-corrected chi connectivity index (χ1v) is 10.9. The number of hydrogen-bond acceptors (Lipinski definition) is 4. The zero-order chi connectivity index (χ0) is 18.1. The topological polar surface area (TPSA) is 57.6 Å². The van der Waals surface area contributed by atoms with Gasteiger partial charge in [-0.2, -0.15) is 0 Å². The number of fused-ring (bicyclic) bond motifs is 1. The molecule has 138 valence electrons. The molecule has 2 aromatic rings. The minimum atomic E-state index is -3.20. The fraction of sp³-hybridized carbons (Fsp3) is 0.429. The highest BCUT2D eigenvalue weighted by Crippen LogP contribution is 2.42. The second-order valence-electron chi connectivity index (χ2n) is 7.65. The molecule has 1 N–H and O–H groups in total. The molecule has 1 saturated heterocycles. The minimum absolute atomic E-state index is 0.223. The average Bonchev–Trinajstić information content (AvgIpc) is 3.21. The molecule has 0 radical (unpaired) electrons. The van der Waals surface area contributed by atoms with Gasteiger partial charge >= 0.3 is 0 Å². The van der Waals surface area contributed by atoms with Crippen molar-refractivity contribution in [2.45, 2.75) is 29.4 Å².